The number of fused-ring (bicyclic) bond motifs is 1. The van der Waals surface area contributed by atoms with E-state index >= 15 is 0 Å². The molecule has 4 rings (SSSR count). The van der Waals surface area contributed by atoms with Crippen molar-refractivity contribution in [2.45, 2.75) is 25.2 Å². The highest BCUT2D eigenvalue weighted by Crippen LogP contribution is 2.36. The molecule has 0 saturated carbocycles. The van der Waals surface area contributed by atoms with Gasteiger partial charge in [-0.3, -0.25) is 4.98 Å². The maximum atomic E-state index is 5.36. The van der Waals surface area contributed by atoms with Gasteiger partial charge in [0.15, 0.2) is 0 Å². The van der Waals surface area contributed by atoms with Crippen LogP contribution in [0.2, 0.25) is 0 Å². The van der Waals surface area contributed by atoms with E-state index in [1.165, 1.54) is 10.3 Å². The molecule has 1 aromatic carbocycles. The van der Waals surface area contributed by atoms with E-state index < -0.39 is 0 Å². The number of allylic oxidation sites excluding steroid dienone is 4. The van der Waals surface area contributed by atoms with Crippen LogP contribution >= 0.6 is 11.8 Å². The summed E-state index contributed by atoms with van der Waals surface area (Å²) in [5, 5.41) is 5.31. The molecular formula is C21H20N2OS. The van der Waals surface area contributed by atoms with Gasteiger partial charge in [-0.2, -0.15) is 0 Å². The first-order valence-electron chi connectivity index (χ1n) is 8.50. The summed E-state index contributed by atoms with van der Waals surface area (Å²) in [6.07, 6.45) is 11.8. The van der Waals surface area contributed by atoms with Gasteiger partial charge in [-0.1, -0.05) is 35.5 Å². The normalized spacial score (nSPS) is 16.6. The summed E-state index contributed by atoms with van der Waals surface area (Å²) in [4.78, 5) is 5.84. The van der Waals surface area contributed by atoms with E-state index in [2.05, 4.69) is 52.6 Å². The summed E-state index contributed by atoms with van der Waals surface area (Å²) < 4.78 is 5.36. The Hall–Kier alpha value is -2.33. The molecule has 0 N–H and O–H groups in total. The van der Waals surface area contributed by atoms with Crippen molar-refractivity contribution in [2.75, 3.05) is 5.75 Å². The zero-order valence-electron chi connectivity index (χ0n) is 14.4. The standard InChI is InChI=1S/C21H20N2OS/c1-14-21(15(2)24-23-14)17-11-19-18(9-6-10-22-19)20(12-17)25-13-16-7-4-3-5-8-16/h3-7,9-12,16H,8,13H2,1-2H3. The molecule has 1 unspecified atom stereocenters. The lowest BCUT2D eigenvalue weighted by molar-refractivity contribution is 0.393. The molecule has 1 aliphatic rings. The van der Waals surface area contributed by atoms with Gasteiger partial charge >= 0.3 is 0 Å². The quantitative estimate of drug-likeness (QED) is 0.564. The van der Waals surface area contributed by atoms with Crippen molar-refractivity contribution < 1.29 is 4.52 Å². The second-order valence-electron chi connectivity index (χ2n) is 6.36. The number of thioether (sulfide) groups is 1. The summed E-state index contributed by atoms with van der Waals surface area (Å²) in [5.74, 6) is 2.50. The van der Waals surface area contributed by atoms with Gasteiger partial charge in [0.2, 0.25) is 0 Å². The van der Waals surface area contributed by atoms with E-state index in [0.717, 1.165) is 40.3 Å². The van der Waals surface area contributed by atoms with E-state index in [1.807, 2.05) is 37.9 Å². The van der Waals surface area contributed by atoms with E-state index in [-0.39, 0.29) is 0 Å². The third-order valence-electron chi connectivity index (χ3n) is 4.53. The SMILES string of the molecule is Cc1noc(C)c1-c1cc(SCC2C=CC=CC2)c2cccnc2c1. The van der Waals surface area contributed by atoms with Gasteiger partial charge < -0.3 is 4.52 Å². The Balaban J connectivity index is 1.74. The second kappa shape index (κ2) is 6.89. The molecule has 126 valence electrons. The maximum absolute atomic E-state index is 5.36. The summed E-state index contributed by atoms with van der Waals surface area (Å²) >= 11 is 1.90. The molecule has 0 amide bonds. The molecule has 2 heterocycles. The topological polar surface area (TPSA) is 38.9 Å². The molecule has 0 saturated heterocycles. The molecule has 0 aliphatic heterocycles. The summed E-state index contributed by atoms with van der Waals surface area (Å²) in [7, 11) is 0. The van der Waals surface area contributed by atoms with Crippen LogP contribution in [0, 0.1) is 19.8 Å². The van der Waals surface area contributed by atoms with Crippen LogP contribution in [-0.2, 0) is 0 Å². The number of hydrogen-bond donors (Lipinski definition) is 0. The van der Waals surface area contributed by atoms with Gasteiger partial charge in [0, 0.05) is 27.8 Å². The Morgan fingerprint density at radius 1 is 1.24 bits per heavy atom. The van der Waals surface area contributed by atoms with Crippen LogP contribution in [0.25, 0.3) is 22.0 Å². The van der Waals surface area contributed by atoms with Crippen molar-refractivity contribution in [2.24, 2.45) is 5.92 Å². The van der Waals surface area contributed by atoms with Crippen molar-refractivity contribution in [1.82, 2.24) is 10.1 Å². The predicted molar refractivity (Wildman–Crippen MR) is 104 cm³/mol. The highest BCUT2D eigenvalue weighted by molar-refractivity contribution is 7.99. The van der Waals surface area contributed by atoms with Crippen LogP contribution in [0.15, 0.2) is 64.2 Å². The molecule has 1 aliphatic carbocycles. The lowest BCUT2D eigenvalue weighted by atomic mass is 10.0. The van der Waals surface area contributed by atoms with Gasteiger partial charge in [-0.25, -0.2) is 0 Å². The Morgan fingerprint density at radius 3 is 2.92 bits per heavy atom. The van der Waals surface area contributed by atoms with Crippen LogP contribution in [0.3, 0.4) is 0 Å². The molecular weight excluding hydrogens is 328 g/mol. The Bertz CT molecular complexity index is 952. The average Bonchev–Trinajstić information content (AvgIpc) is 2.99. The second-order valence-corrected chi connectivity index (χ2v) is 7.43. The van der Waals surface area contributed by atoms with Crippen molar-refractivity contribution in [3.8, 4) is 11.1 Å². The zero-order chi connectivity index (χ0) is 17.2. The summed E-state index contributed by atoms with van der Waals surface area (Å²) in [6, 6.07) is 8.54. The number of rotatable bonds is 4. The first-order chi connectivity index (χ1) is 12.2. The van der Waals surface area contributed by atoms with E-state index in [9.17, 15) is 0 Å². The number of nitrogens with zero attached hydrogens (tertiary/aromatic N) is 2. The van der Waals surface area contributed by atoms with Crippen molar-refractivity contribution >= 4 is 22.7 Å². The molecule has 4 heteroatoms. The molecule has 0 bridgehead atoms. The van der Waals surface area contributed by atoms with Crippen molar-refractivity contribution in [3.63, 3.8) is 0 Å². The van der Waals surface area contributed by atoms with Gasteiger partial charge in [0.25, 0.3) is 0 Å². The Kier molecular flexibility index (Phi) is 4.45. The Morgan fingerprint density at radius 2 is 2.16 bits per heavy atom. The van der Waals surface area contributed by atoms with Crippen molar-refractivity contribution in [1.29, 1.82) is 0 Å². The monoisotopic (exact) mass is 348 g/mol. The van der Waals surface area contributed by atoms with Gasteiger partial charge in [0.1, 0.15) is 5.76 Å². The van der Waals surface area contributed by atoms with Gasteiger partial charge in [0.05, 0.1) is 11.2 Å². The minimum Gasteiger partial charge on any atom is -0.361 e. The van der Waals surface area contributed by atoms with Gasteiger partial charge in [-0.05, 0) is 49.9 Å². The summed E-state index contributed by atoms with van der Waals surface area (Å²) in [6.45, 7) is 3.95. The zero-order valence-corrected chi connectivity index (χ0v) is 15.2. The van der Waals surface area contributed by atoms with Crippen LogP contribution in [0.4, 0.5) is 0 Å². The highest BCUT2D eigenvalue weighted by Gasteiger charge is 2.15. The fraction of sp³-hybridized carbons (Fsp3) is 0.238. The molecule has 3 nitrogen and oxygen atoms in total. The van der Waals surface area contributed by atoms with E-state index in [1.54, 1.807) is 0 Å². The van der Waals surface area contributed by atoms with Crippen LogP contribution in [-0.4, -0.2) is 15.9 Å². The molecule has 0 fully saturated rings. The third-order valence-corrected chi connectivity index (χ3v) is 5.77. The first-order valence-corrected chi connectivity index (χ1v) is 9.49. The van der Waals surface area contributed by atoms with Crippen molar-refractivity contribution in [3.05, 3.63) is 66.2 Å². The molecule has 0 radical (unpaired) electrons. The smallest absolute Gasteiger partial charge is 0.141 e. The molecule has 3 aromatic rings. The minimum absolute atomic E-state index is 0.587. The number of hydrogen-bond acceptors (Lipinski definition) is 4. The number of pyridine rings is 1. The Labute approximate surface area is 151 Å². The largest absolute Gasteiger partial charge is 0.361 e. The number of aromatic nitrogens is 2. The summed E-state index contributed by atoms with van der Waals surface area (Å²) in [5.41, 5.74) is 4.14. The molecule has 2 aromatic heterocycles. The number of aryl methyl sites for hydroxylation is 2. The molecule has 1 atom stereocenters. The predicted octanol–water partition coefficient (Wildman–Crippen LogP) is 5.73. The minimum atomic E-state index is 0.587. The van der Waals surface area contributed by atoms with Crippen LogP contribution in [0.5, 0.6) is 0 Å². The average molecular weight is 348 g/mol. The van der Waals surface area contributed by atoms with E-state index in [4.69, 9.17) is 4.52 Å². The first kappa shape index (κ1) is 16.2. The van der Waals surface area contributed by atoms with Crippen LogP contribution < -0.4 is 0 Å². The highest BCUT2D eigenvalue weighted by atomic mass is 32.2. The van der Waals surface area contributed by atoms with Gasteiger partial charge in [-0.15, -0.1) is 11.8 Å². The number of benzene rings is 1. The molecule has 25 heavy (non-hydrogen) atoms. The fourth-order valence-corrected chi connectivity index (χ4v) is 4.44. The molecule has 0 spiro atoms. The lowest BCUT2D eigenvalue weighted by Gasteiger charge is -2.14. The van der Waals surface area contributed by atoms with E-state index in [0.29, 0.717) is 5.92 Å². The van der Waals surface area contributed by atoms with Crippen LogP contribution in [0.1, 0.15) is 17.9 Å². The maximum Gasteiger partial charge on any atom is 0.141 e. The lowest BCUT2D eigenvalue weighted by Crippen LogP contribution is -2.00. The fourth-order valence-electron chi connectivity index (χ4n) is 3.26. The third kappa shape index (κ3) is 3.27.